The highest BCUT2D eigenvalue weighted by atomic mass is 19.2. The van der Waals surface area contributed by atoms with Crippen molar-refractivity contribution in [3.63, 3.8) is 0 Å². The Labute approximate surface area is 227 Å². The van der Waals surface area contributed by atoms with Crippen LogP contribution in [0.1, 0.15) is 21.6 Å². The van der Waals surface area contributed by atoms with Crippen LogP contribution in [0.3, 0.4) is 0 Å². The number of fused-ring (bicyclic) bond motifs is 4. The van der Waals surface area contributed by atoms with E-state index in [0.717, 1.165) is 6.07 Å². The average molecular weight is 549 g/mol. The first-order valence-electron chi connectivity index (χ1n) is 12.7. The van der Waals surface area contributed by atoms with E-state index >= 15 is 4.39 Å². The summed E-state index contributed by atoms with van der Waals surface area (Å²) in [6.07, 6.45) is 4.79. The largest absolute Gasteiger partial charge is 0.477 e. The Morgan fingerprint density at radius 1 is 1.12 bits per heavy atom. The first-order valence-corrected chi connectivity index (χ1v) is 12.7. The van der Waals surface area contributed by atoms with E-state index in [0.29, 0.717) is 72.0 Å². The van der Waals surface area contributed by atoms with Crippen molar-refractivity contribution in [1.29, 1.82) is 0 Å². The van der Waals surface area contributed by atoms with Crippen LogP contribution in [0, 0.1) is 11.6 Å². The number of nitrogens with one attached hydrogen (secondary N) is 1. The molecule has 206 valence electrons. The lowest BCUT2D eigenvalue weighted by atomic mass is 9.96. The number of aromatic nitrogens is 3. The van der Waals surface area contributed by atoms with E-state index in [1.165, 1.54) is 10.9 Å². The maximum absolute atomic E-state index is 15.5. The Morgan fingerprint density at radius 3 is 2.55 bits per heavy atom. The number of carboxylic acids is 1. The van der Waals surface area contributed by atoms with Gasteiger partial charge < -0.3 is 25.1 Å². The molecule has 0 saturated carbocycles. The van der Waals surface area contributed by atoms with Crippen LogP contribution in [0.5, 0.6) is 0 Å². The summed E-state index contributed by atoms with van der Waals surface area (Å²) >= 11 is 0. The number of ether oxygens (including phenoxy) is 1. The monoisotopic (exact) mass is 548 g/mol. The number of rotatable bonds is 5. The average Bonchev–Trinajstić information content (AvgIpc) is 3.34. The van der Waals surface area contributed by atoms with E-state index in [1.807, 2.05) is 4.90 Å². The van der Waals surface area contributed by atoms with Crippen LogP contribution in [0.25, 0.3) is 33.3 Å². The molecule has 1 fully saturated rings. The number of anilines is 2. The van der Waals surface area contributed by atoms with Crippen LogP contribution in [0.15, 0.2) is 35.5 Å². The van der Waals surface area contributed by atoms with Crippen LogP contribution in [-0.2, 0) is 11.2 Å². The molecule has 0 radical (unpaired) electrons. The summed E-state index contributed by atoms with van der Waals surface area (Å²) in [6.45, 7) is 1.91. The molecule has 4 heterocycles. The minimum absolute atomic E-state index is 0.106. The van der Waals surface area contributed by atoms with Crippen LogP contribution in [-0.4, -0.2) is 73.2 Å². The Balaban J connectivity index is 1.66. The van der Waals surface area contributed by atoms with Gasteiger partial charge in [0, 0.05) is 93.3 Å². The number of morpholine rings is 1. The van der Waals surface area contributed by atoms with E-state index in [2.05, 4.69) is 15.3 Å². The van der Waals surface area contributed by atoms with E-state index in [-0.39, 0.29) is 16.6 Å². The number of carboxylic acid groups (broad SMARTS) is 1. The van der Waals surface area contributed by atoms with Gasteiger partial charge in [-0.2, -0.15) is 0 Å². The van der Waals surface area contributed by atoms with Gasteiger partial charge in [0.25, 0.3) is 0 Å². The van der Waals surface area contributed by atoms with Crippen LogP contribution < -0.4 is 20.7 Å². The lowest BCUT2D eigenvalue weighted by molar-refractivity contribution is 0.0695. The smallest absolute Gasteiger partial charge is 0.341 e. The fraction of sp³-hybridized carbons (Fsp3) is 0.286. The Hall–Kier alpha value is -4.58. The third kappa shape index (κ3) is 3.86. The fourth-order valence-corrected chi connectivity index (χ4v) is 5.56. The molecule has 0 atom stereocenters. The molecule has 1 saturated heterocycles. The van der Waals surface area contributed by atoms with Gasteiger partial charge in [-0.15, -0.1) is 0 Å². The van der Waals surface area contributed by atoms with Crippen molar-refractivity contribution in [3.8, 4) is 22.3 Å². The molecule has 2 aliphatic rings. The molecule has 4 aromatic rings. The van der Waals surface area contributed by atoms with Gasteiger partial charge in [0.2, 0.25) is 5.43 Å². The molecule has 40 heavy (non-hydrogen) atoms. The molecule has 0 amide bonds. The molecule has 1 aliphatic heterocycles. The standard InChI is InChI=1S/C28H26F2N6O4/c1-31-20-10-19(29)24(30)22-15(20)9-21-23(22)25(35-4-6-40-7-5-35)17(12-32-21)14-8-16-26(37)18(28(38)39)13-36(34(2)3)27(16)33-11-14/h8,10-13,31H,4-7,9H2,1-3H3,(H,38,39). The van der Waals surface area contributed by atoms with Gasteiger partial charge in [-0.05, 0) is 11.6 Å². The van der Waals surface area contributed by atoms with Crippen molar-refractivity contribution in [3.05, 3.63) is 69.4 Å². The minimum atomic E-state index is -1.35. The quantitative estimate of drug-likeness (QED) is 0.342. The highest BCUT2D eigenvalue weighted by Gasteiger charge is 2.34. The SMILES string of the molecule is CNc1cc(F)c(F)c2c1Cc1ncc(-c3cnc4c(c3)c(=O)c(C(=O)O)cn4N(C)C)c(N3CCOCC3)c1-2. The van der Waals surface area contributed by atoms with Crippen LogP contribution in [0.4, 0.5) is 20.2 Å². The van der Waals surface area contributed by atoms with Gasteiger partial charge in [-0.3, -0.25) is 9.78 Å². The van der Waals surface area contributed by atoms with E-state index < -0.39 is 28.6 Å². The summed E-state index contributed by atoms with van der Waals surface area (Å²) in [7, 11) is 5.07. The molecule has 1 aromatic carbocycles. The lowest BCUT2D eigenvalue weighted by Crippen LogP contribution is -2.37. The van der Waals surface area contributed by atoms with Crippen molar-refractivity contribution in [2.45, 2.75) is 6.42 Å². The molecule has 3 aromatic heterocycles. The van der Waals surface area contributed by atoms with Crippen molar-refractivity contribution in [2.24, 2.45) is 0 Å². The highest BCUT2D eigenvalue weighted by molar-refractivity contribution is 5.98. The molecular formula is C28H26F2N6O4. The molecule has 2 N–H and O–H groups in total. The van der Waals surface area contributed by atoms with Gasteiger partial charge in [0.05, 0.1) is 30.0 Å². The first kappa shape index (κ1) is 25.7. The highest BCUT2D eigenvalue weighted by Crippen LogP contribution is 2.50. The summed E-state index contributed by atoms with van der Waals surface area (Å²) in [5.74, 6) is -3.26. The van der Waals surface area contributed by atoms with Gasteiger partial charge in [0.15, 0.2) is 17.3 Å². The molecular weight excluding hydrogens is 522 g/mol. The number of benzene rings is 1. The number of aromatic carboxylic acids is 1. The number of carbonyl (C=O) groups is 1. The zero-order valence-corrected chi connectivity index (χ0v) is 22.1. The molecule has 6 rings (SSSR count). The number of nitrogens with zero attached hydrogens (tertiary/aromatic N) is 5. The number of hydrogen-bond acceptors (Lipinski definition) is 8. The minimum Gasteiger partial charge on any atom is -0.477 e. The topological polar surface area (TPSA) is 113 Å². The molecule has 10 nitrogen and oxygen atoms in total. The molecule has 0 unspecified atom stereocenters. The second kappa shape index (κ2) is 9.56. The number of hydrogen-bond donors (Lipinski definition) is 2. The predicted octanol–water partition coefficient (Wildman–Crippen LogP) is 3.08. The summed E-state index contributed by atoms with van der Waals surface area (Å²) in [5, 5.41) is 14.4. The number of pyridine rings is 3. The van der Waals surface area contributed by atoms with Gasteiger partial charge in [0.1, 0.15) is 5.56 Å². The van der Waals surface area contributed by atoms with E-state index in [1.54, 1.807) is 44.6 Å². The summed E-state index contributed by atoms with van der Waals surface area (Å²) in [5.41, 5.74) is 3.28. The van der Waals surface area contributed by atoms with Crippen molar-refractivity contribution >= 4 is 28.4 Å². The summed E-state index contributed by atoms with van der Waals surface area (Å²) in [4.78, 5) is 36.3. The first-order chi connectivity index (χ1) is 19.2. The zero-order valence-electron chi connectivity index (χ0n) is 22.1. The van der Waals surface area contributed by atoms with Crippen LogP contribution >= 0.6 is 0 Å². The summed E-state index contributed by atoms with van der Waals surface area (Å²) < 4.78 is 37.3. The normalized spacial score (nSPS) is 14.3. The third-order valence-corrected chi connectivity index (χ3v) is 7.44. The van der Waals surface area contributed by atoms with Crippen LogP contribution in [0.2, 0.25) is 0 Å². The molecule has 0 bridgehead atoms. The van der Waals surface area contributed by atoms with Crippen molar-refractivity contribution < 1.29 is 23.4 Å². The van der Waals surface area contributed by atoms with Crippen molar-refractivity contribution in [2.75, 3.05) is 62.7 Å². The number of halogens is 2. The third-order valence-electron chi connectivity index (χ3n) is 7.44. The maximum atomic E-state index is 15.5. The molecule has 12 heteroatoms. The Bertz CT molecular complexity index is 1760. The summed E-state index contributed by atoms with van der Waals surface area (Å²) in [6, 6.07) is 2.74. The Morgan fingerprint density at radius 2 is 1.88 bits per heavy atom. The lowest BCUT2D eigenvalue weighted by Gasteiger charge is -2.32. The zero-order chi connectivity index (χ0) is 28.3. The Kier molecular flexibility index (Phi) is 6.14. The van der Waals surface area contributed by atoms with E-state index in [9.17, 15) is 19.1 Å². The predicted molar refractivity (Wildman–Crippen MR) is 147 cm³/mol. The van der Waals surface area contributed by atoms with Gasteiger partial charge in [-0.1, -0.05) is 0 Å². The molecule has 0 spiro atoms. The second-order valence-electron chi connectivity index (χ2n) is 9.91. The maximum Gasteiger partial charge on any atom is 0.341 e. The van der Waals surface area contributed by atoms with Gasteiger partial charge in [-0.25, -0.2) is 23.2 Å². The fourth-order valence-electron chi connectivity index (χ4n) is 5.56. The van der Waals surface area contributed by atoms with Crippen molar-refractivity contribution in [1.82, 2.24) is 14.6 Å². The van der Waals surface area contributed by atoms with E-state index in [4.69, 9.17) is 4.74 Å². The second-order valence-corrected chi connectivity index (χ2v) is 9.91. The van der Waals surface area contributed by atoms with Gasteiger partial charge >= 0.3 is 5.97 Å². The molecule has 1 aliphatic carbocycles.